The fraction of sp³-hybridized carbons (Fsp3) is 0.909. The maximum absolute atomic E-state index is 12.0. The number of carbonyl (C=O) groups excluding carboxylic acids is 1. The first kappa shape index (κ1) is 13.4. The van der Waals surface area contributed by atoms with Gasteiger partial charge in [-0.1, -0.05) is 13.8 Å². The number of amides is 1. The summed E-state index contributed by atoms with van der Waals surface area (Å²) >= 11 is 0. The lowest BCUT2D eigenvalue weighted by molar-refractivity contribution is -0.136. The molecule has 0 saturated heterocycles. The van der Waals surface area contributed by atoms with Crippen LogP contribution in [0, 0.1) is 11.8 Å². The molecule has 1 unspecified atom stereocenters. The average Bonchev–Trinajstić information content (AvgIpc) is 2.11. The number of hydrogen-bond acceptors (Lipinski definition) is 2. The van der Waals surface area contributed by atoms with Gasteiger partial charge in [-0.2, -0.15) is 0 Å². The summed E-state index contributed by atoms with van der Waals surface area (Å²) in [4.78, 5) is 13.8. The Hall–Kier alpha value is -0.570. The van der Waals surface area contributed by atoms with Gasteiger partial charge in [-0.25, -0.2) is 0 Å². The van der Waals surface area contributed by atoms with Crippen LogP contribution >= 0.6 is 0 Å². The van der Waals surface area contributed by atoms with Crippen molar-refractivity contribution in [1.29, 1.82) is 0 Å². The Balaban J connectivity index is 4.43. The molecule has 1 N–H and O–H groups in total. The smallest absolute Gasteiger partial charge is 0.227 e. The maximum atomic E-state index is 12.0. The molecule has 0 spiro atoms. The van der Waals surface area contributed by atoms with E-state index in [-0.39, 0.29) is 17.9 Å². The van der Waals surface area contributed by atoms with Gasteiger partial charge in [0, 0.05) is 19.6 Å². The highest BCUT2D eigenvalue weighted by atomic mass is 16.2. The summed E-state index contributed by atoms with van der Waals surface area (Å²) in [6, 6.07) is 0.278. The maximum Gasteiger partial charge on any atom is 0.227 e. The summed E-state index contributed by atoms with van der Waals surface area (Å²) in [5.41, 5.74) is 0. The van der Waals surface area contributed by atoms with Crippen LogP contribution in [0.3, 0.4) is 0 Å². The molecule has 84 valence electrons. The molecular formula is C11H24N2O. The zero-order chi connectivity index (χ0) is 11.3. The standard InChI is InChI=1S/C11H24N2O/c1-8(2)10(7-12-5)11(14)13(6)9(3)4/h8-10,12H,7H2,1-6H3. The SMILES string of the molecule is CNCC(C(=O)N(C)C(C)C)C(C)C. The van der Waals surface area contributed by atoms with E-state index in [9.17, 15) is 4.79 Å². The van der Waals surface area contributed by atoms with Crippen LogP contribution in [0.2, 0.25) is 0 Å². The van der Waals surface area contributed by atoms with E-state index in [1.807, 2.05) is 32.8 Å². The third-order valence-electron chi connectivity index (χ3n) is 2.67. The highest BCUT2D eigenvalue weighted by molar-refractivity contribution is 5.79. The van der Waals surface area contributed by atoms with Crippen molar-refractivity contribution in [3.63, 3.8) is 0 Å². The number of nitrogens with zero attached hydrogens (tertiary/aromatic N) is 1. The number of carbonyl (C=O) groups is 1. The van der Waals surface area contributed by atoms with Crippen molar-refractivity contribution < 1.29 is 4.79 Å². The van der Waals surface area contributed by atoms with Crippen LogP contribution in [-0.2, 0) is 4.79 Å². The molecule has 1 amide bonds. The molecule has 0 aliphatic rings. The third kappa shape index (κ3) is 3.66. The first-order valence-corrected chi connectivity index (χ1v) is 5.33. The van der Waals surface area contributed by atoms with Crippen LogP contribution in [0.1, 0.15) is 27.7 Å². The van der Waals surface area contributed by atoms with Gasteiger partial charge < -0.3 is 10.2 Å². The van der Waals surface area contributed by atoms with Gasteiger partial charge in [0.15, 0.2) is 0 Å². The van der Waals surface area contributed by atoms with E-state index in [0.29, 0.717) is 5.92 Å². The third-order valence-corrected chi connectivity index (χ3v) is 2.67. The first-order chi connectivity index (χ1) is 6.41. The van der Waals surface area contributed by atoms with E-state index in [4.69, 9.17) is 0 Å². The second-order valence-electron chi connectivity index (χ2n) is 4.45. The monoisotopic (exact) mass is 200 g/mol. The van der Waals surface area contributed by atoms with Gasteiger partial charge in [0.05, 0.1) is 5.92 Å². The quantitative estimate of drug-likeness (QED) is 0.726. The lowest BCUT2D eigenvalue weighted by Gasteiger charge is -2.28. The molecule has 0 aliphatic carbocycles. The lowest BCUT2D eigenvalue weighted by atomic mass is 9.94. The van der Waals surface area contributed by atoms with Crippen LogP contribution in [-0.4, -0.2) is 37.5 Å². The molecule has 0 rings (SSSR count). The van der Waals surface area contributed by atoms with Gasteiger partial charge in [0.1, 0.15) is 0 Å². The summed E-state index contributed by atoms with van der Waals surface area (Å²) in [5, 5.41) is 3.08. The Morgan fingerprint density at radius 3 is 2.07 bits per heavy atom. The van der Waals surface area contributed by atoms with E-state index in [1.165, 1.54) is 0 Å². The van der Waals surface area contributed by atoms with E-state index in [2.05, 4.69) is 19.2 Å². The molecule has 1 atom stereocenters. The summed E-state index contributed by atoms with van der Waals surface area (Å²) < 4.78 is 0. The molecule has 14 heavy (non-hydrogen) atoms. The second kappa shape index (κ2) is 6.02. The average molecular weight is 200 g/mol. The van der Waals surface area contributed by atoms with E-state index >= 15 is 0 Å². The topological polar surface area (TPSA) is 32.3 Å². The van der Waals surface area contributed by atoms with Gasteiger partial charge in [-0.15, -0.1) is 0 Å². The molecule has 0 aliphatic heterocycles. The zero-order valence-electron chi connectivity index (χ0n) is 10.3. The molecule has 0 radical (unpaired) electrons. The fourth-order valence-corrected chi connectivity index (χ4v) is 1.34. The molecule has 3 nitrogen and oxygen atoms in total. The Morgan fingerprint density at radius 2 is 1.79 bits per heavy atom. The Morgan fingerprint density at radius 1 is 1.29 bits per heavy atom. The molecule has 0 fully saturated rings. The highest BCUT2D eigenvalue weighted by Crippen LogP contribution is 2.14. The number of hydrogen-bond donors (Lipinski definition) is 1. The van der Waals surface area contributed by atoms with E-state index in [1.54, 1.807) is 0 Å². The summed E-state index contributed by atoms with van der Waals surface area (Å²) in [5.74, 6) is 0.716. The van der Waals surface area contributed by atoms with Crippen LogP contribution in [0.5, 0.6) is 0 Å². The first-order valence-electron chi connectivity index (χ1n) is 5.33. The van der Waals surface area contributed by atoms with Crippen LogP contribution in [0.25, 0.3) is 0 Å². The van der Waals surface area contributed by atoms with Crippen molar-refractivity contribution in [2.45, 2.75) is 33.7 Å². The number of nitrogens with one attached hydrogen (secondary N) is 1. The van der Waals surface area contributed by atoms with Crippen LogP contribution in [0.15, 0.2) is 0 Å². The minimum Gasteiger partial charge on any atom is -0.343 e. The molecule has 0 aromatic heterocycles. The Labute approximate surface area is 87.9 Å². The second-order valence-corrected chi connectivity index (χ2v) is 4.45. The summed E-state index contributed by atoms with van der Waals surface area (Å²) in [7, 11) is 3.76. The molecule has 0 aromatic carbocycles. The highest BCUT2D eigenvalue weighted by Gasteiger charge is 2.25. The van der Waals surface area contributed by atoms with Crippen LogP contribution < -0.4 is 5.32 Å². The predicted octanol–water partition coefficient (Wildman–Crippen LogP) is 1.34. The van der Waals surface area contributed by atoms with Gasteiger partial charge in [0.25, 0.3) is 0 Å². The van der Waals surface area contributed by atoms with Crippen molar-refractivity contribution in [2.75, 3.05) is 20.6 Å². The van der Waals surface area contributed by atoms with Gasteiger partial charge in [-0.05, 0) is 26.8 Å². The molecule has 0 saturated carbocycles. The largest absolute Gasteiger partial charge is 0.343 e. The number of rotatable bonds is 5. The normalized spacial score (nSPS) is 13.4. The van der Waals surface area contributed by atoms with Gasteiger partial charge >= 0.3 is 0 Å². The van der Waals surface area contributed by atoms with Crippen molar-refractivity contribution in [2.24, 2.45) is 11.8 Å². The minimum atomic E-state index is 0.0902. The summed E-state index contributed by atoms with van der Waals surface area (Å²) in [6.07, 6.45) is 0. The molecule has 3 heteroatoms. The van der Waals surface area contributed by atoms with Crippen molar-refractivity contribution in [3.8, 4) is 0 Å². The van der Waals surface area contributed by atoms with Crippen molar-refractivity contribution >= 4 is 5.91 Å². The summed E-state index contributed by atoms with van der Waals surface area (Å²) in [6.45, 7) is 9.01. The predicted molar refractivity (Wildman–Crippen MR) is 60.2 cm³/mol. The van der Waals surface area contributed by atoms with E-state index < -0.39 is 0 Å². The Bertz CT molecular complexity index is 178. The molecular weight excluding hydrogens is 176 g/mol. The van der Waals surface area contributed by atoms with Crippen LogP contribution in [0.4, 0.5) is 0 Å². The molecule has 0 aromatic rings. The molecule has 0 bridgehead atoms. The fourth-order valence-electron chi connectivity index (χ4n) is 1.34. The lowest BCUT2D eigenvalue weighted by Crippen LogP contribution is -2.42. The van der Waals surface area contributed by atoms with Crippen molar-refractivity contribution in [3.05, 3.63) is 0 Å². The molecule has 0 heterocycles. The zero-order valence-corrected chi connectivity index (χ0v) is 10.3. The van der Waals surface area contributed by atoms with Crippen molar-refractivity contribution in [1.82, 2.24) is 10.2 Å². The van der Waals surface area contributed by atoms with E-state index in [0.717, 1.165) is 6.54 Å². The van der Waals surface area contributed by atoms with Gasteiger partial charge in [-0.3, -0.25) is 4.79 Å². The Kier molecular flexibility index (Phi) is 5.77. The minimum absolute atomic E-state index is 0.0902. The van der Waals surface area contributed by atoms with Gasteiger partial charge in [0.2, 0.25) is 5.91 Å².